The van der Waals surface area contributed by atoms with Gasteiger partial charge in [-0.25, -0.2) is 0 Å². The average Bonchev–Trinajstić information content (AvgIpc) is 2.28. The Morgan fingerprint density at radius 2 is 2.33 bits per heavy atom. The monoisotopic (exact) mass is 210 g/mol. The summed E-state index contributed by atoms with van der Waals surface area (Å²) in [5.74, 6) is -0.0325. The summed E-state index contributed by atoms with van der Waals surface area (Å²) < 4.78 is 5.11. The van der Waals surface area contributed by atoms with Crippen LogP contribution in [-0.4, -0.2) is 12.6 Å². The second-order valence-electron chi connectivity index (χ2n) is 4.18. The zero-order chi connectivity index (χ0) is 10.9. The molecule has 0 bridgehead atoms. The summed E-state index contributed by atoms with van der Waals surface area (Å²) in [5.41, 5.74) is 1.45. The SMILES string of the molecule is CCCCOC(=O)CCC1=CCCCC1. The Labute approximate surface area is 92.7 Å². The highest BCUT2D eigenvalue weighted by Gasteiger charge is 2.07. The van der Waals surface area contributed by atoms with E-state index in [2.05, 4.69) is 13.0 Å². The fraction of sp³-hybridized carbons (Fsp3) is 0.769. The number of unbranched alkanes of at least 4 members (excludes halogenated alkanes) is 1. The van der Waals surface area contributed by atoms with Crippen LogP contribution in [0.1, 0.15) is 58.3 Å². The van der Waals surface area contributed by atoms with Gasteiger partial charge in [-0.3, -0.25) is 4.79 Å². The van der Waals surface area contributed by atoms with Gasteiger partial charge < -0.3 is 4.74 Å². The molecule has 0 atom stereocenters. The summed E-state index contributed by atoms with van der Waals surface area (Å²) in [6.45, 7) is 2.69. The Morgan fingerprint density at radius 3 is 3.00 bits per heavy atom. The van der Waals surface area contributed by atoms with E-state index in [9.17, 15) is 4.79 Å². The minimum absolute atomic E-state index is 0.0325. The predicted octanol–water partition coefficient (Wildman–Crippen LogP) is 3.61. The van der Waals surface area contributed by atoms with Gasteiger partial charge in [-0.1, -0.05) is 25.0 Å². The maximum absolute atomic E-state index is 11.3. The summed E-state index contributed by atoms with van der Waals surface area (Å²) in [6, 6.07) is 0. The number of carbonyl (C=O) groups is 1. The molecular weight excluding hydrogens is 188 g/mol. The maximum Gasteiger partial charge on any atom is 0.306 e. The average molecular weight is 210 g/mol. The molecule has 86 valence electrons. The second-order valence-corrected chi connectivity index (χ2v) is 4.18. The molecule has 0 aliphatic heterocycles. The Hall–Kier alpha value is -0.790. The highest BCUT2D eigenvalue weighted by Crippen LogP contribution is 2.21. The topological polar surface area (TPSA) is 26.3 Å². The van der Waals surface area contributed by atoms with Crippen LogP contribution in [0.25, 0.3) is 0 Å². The van der Waals surface area contributed by atoms with E-state index < -0.39 is 0 Å². The lowest BCUT2D eigenvalue weighted by Crippen LogP contribution is -2.06. The molecule has 0 N–H and O–H groups in total. The lowest BCUT2D eigenvalue weighted by Gasteiger charge is -2.11. The molecule has 0 radical (unpaired) electrons. The standard InChI is InChI=1S/C13H22O2/c1-2-3-11-15-13(14)10-9-12-7-5-4-6-8-12/h7H,2-6,8-11H2,1H3. The lowest BCUT2D eigenvalue weighted by molar-refractivity contribution is -0.143. The third kappa shape index (κ3) is 5.60. The smallest absolute Gasteiger partial charge is 0.306 e. The summed E-state index contributed by atoms with van der Waals surface area (Å²) in [7, 11) is 0. The Kier molecular flexibility index (Phi) is 6.14. The minimum atomic E-state index is -0.0325. The number of hydrogen-bond donors (Lipinski definition) is 0. The van der Waals surface area contributed by atoms with E-state index in [1.54, 1.807) is 0 Å². The first-order valence-corrected chi connectivity index (χ1v) is 6.16. The fourth-order valence-corrected chi connectivity index (χ4v) is 1.80. The van der Waals surface area contributed by atoms with Crippen LogP contribution in [-0.2, 0) is 9.53 Å². The van der Waals surface area contributed by atoms with E-state index in [-0.39, 0.29) is 5.97 Å². The molecule has 0 aromatic rings. The molecule has 2 nitrogen and oxygen atoms in total. The van der Waals surface area contributed by atoms with E-state index >= 15 is 0 Å². The van der Waals surface area contributed by atoms with Crippen LogP contribution in [0, 0.1) is 0 Å². The van der Waals surface area contributed by atoms with Crippen LogP contribution in [0.2, 0.25) is 0 Å². The van der Waals surface area contributed by atoms with Gasteiger partial charge in [-0.05, 0) is 38.5 Å². The first-order chi connectivity index (χ1) is 7.33. The molecule has 1 rings (SSSR count). The molecule has 0 fully saturated rings. The zero-order valence-electron chi connectivity index (χ0n) is 9.76. The van der Waals surface area contributed by atoms with Crippen LogP contribution in [0.15, 0.2) is 11.6 Å². The second kappa shape index (κ2) is 7.49. The van der Waals surface area contributed by atoms with Gasteiger partial charge in [0.2, 0.25) is 0 Å². The molecule has 2 heteroatoms. The van der Waals surface area contributed by atoms with Crippen molar-refractivity contribution in [3.8, 4) is 0 Å². The summed E-state index contributed by atoms with van der Waals surface area (Å²) in [5, 5.41) is 0. The molecule has 0 spiro atoms. The molecule has 1 aliphatic carbocycles. The van der Waals surface area contributed by atoms with E-state index in [1.165, 1.54) is 31.3 Å². The first kappa shape index (κ1) is 12.3. The van der Waals surface area contributed by atoms with Crippen LogP contribution in [0.3, 0.4) is 0 Å². The van der Waals surface area contributed by atoms with Gasteiger partial charge in [0.1, 0.15) is 0 Å². The van der Waals surface area contributed by atoms with Crippen molar-refractivity contribution < 1.29 is 9.53 Å². The maximum atomic E-state index is 11.3. The summed E-state index contributed by atoms with van der Waals surface area (Å²) in [6.07, 6.45) is 10.8. The van der Waals surface area contributed by atoms with Crippen LogP contribution >= 0.6 is 0 Å². The normalized spacial score (nSPS) is 15.9. The highest BCUT2D eigenvalue weighted by molar-refractivity contribution is 5.69. The fourth-order valence-electron chi connectivity index (χ4n) is 1.80. The largest absolute Gasteiger partial charge is 0.466 e. The number of esters is 1. The van der Waals surface area contributed by atoms with E-state index in [0.717, 1.165) is 19.3 Å². The van der Waals surface area contributed by atoms with Gasteiger partial charge in [0.05, 0.1) is 6.61 Å². The summed E-state index contributed by atoms with van der Waals surface area (Å²) in [4.78, 5) is 11.3. The highest BCUT2D eigenvalue weighted by atomic mass is 16.5. The number of allylic oxidation sites excluding steroid dienone is 2. The molecule has 1 aliphatic rings. The van der Waals surface area contributed by atoms with E-state index in [1.807, 2.05) is 0 Å². The van der Waals surface area contributed by atoms with Crippen molar-refractivity contribution in [3.63, 3.8) is 0 Å². The third-order valence-electron chi connectivity index (χ3n) is 2.80. The van der Waals surface area contributed by atoms with Crippen molar-refractivity contribution in [3.05, 3.63) is 11.6 Å². The molecule has 0 amide bonds. The first-order valence-electron chi connectivity index (χ1n) is 6.16. The predicted molar refractivity (Wildman–Crippen MR) is 61.7 cm³/mol. The van der Waals surface area contributed by atoms with Gasteiger partial charge in [-0.15, -0.1) is 0 Å². The number of hydrogen-bond acceptors (Lipinski definition) is 2. The molecular formula is C13H22O2. The Bertz CT molecular complexity index is 219. The summed E-state index contributed by atoms with van der Waals surface area (Å²) >= 11 is 0. The van der Waals surface area contributed by atoms with Crippen molar-refractivity contribution >= 4 is 5.97 Å². The van der Waals surface area contributed by atoms with Gasteiger partial charge in [-0.2, -0.15) is 0 Å². The van der Waals surface area contributed by atoms with Crippen molar-refractivity contribution in [2.75, 3.05) is 6.61 Å². The molecule has 15 heavy (non-hydrogen) atoms. The number of carbonyl (C=O) groups excluding carboxylic acids is 1. The Morgan fingerprint density at radius 1 is 1.47 bits per heavy atom. The zero-order valence-corrected chi connectivity index (χ0v) is 9.76. The van der Waals surface area contributed by atoms with Gasteiger partial charge in [0.15, 0.2) is 0 Å². The van der Waals surface area contributed by atoms with Gasteiger partial charge in [0.25, 0.3) is 0 Å². The van der Waals surface area contributed by atoms with Crippen LogP contribution in [0.5, 0.6) is 0 Å². The van der Waals surface area contributed by atoms with Gasteiger partial charge in [0, 0.05) is 6.42 Å². The molecule has 0 saturated heterocycles. The third-order valence-corrected chi connectivity index (χ3v) is 2.80. The van der Waals surface area contributed by atoms with Crippen LogP contribution < -0.4 is 0 Å². The molecule has 0 unspecified atom stereocenters. The van der Waals surface area contributed by atoms with Gasteiger partial charge >= 0.3 is 5.97 Å². The van der Waals surface area contributed by atoms with E-state index in [4.69, 9.17) is 4.74 Å². The molecule has 0 heterocycles. The van der Waals surface area contributed by atoms with Crippen molar-refractivity contribution in [2.45, 2.75) is 58.3 Å². The number of ether oxygens (including phenoxy) is 1. The van der Waals surface area contributed by atoms with Crippen molar-refractivity contribution in [2.24, 2.45) is 0 Å². The van der Waals surface area contributed by atoms with Crippen LogP contribution in [0.4, 0.5) is 0 Å². The molecule has 0 aromatic carbocycles. The van der Waals surface area contributed by atoms with Crippen molar-refractivity contribution in [1.82, 2.24) is 0 Å². The van der Waals surface area contributed by atoms with E-state index in [0.29, 0.717) is 13.0 Å². The number of rotatable bonds is 6. The quantitative estimate of drug-likeness (QED) is 0.380. The minimum Gasteiger partial charge on any atom is -0.466 e. The molecule has 0 saturated carbocycles. The molecule has 0 aromatic heterocycles. The Balaban J connectivity index is 2.07. The lowest BCUT2D eigenvalue weighted by atomic mass is 9.96. The van der Waals surface area contributed by atoms with Crippen molar-refractivity contribution in [1.29, 1.82) is 0 Å².